The van der Waals surface area contributed by atoms with E-state index in [1.807, 2.05) is 0 Å². The summed E-state index contributed by atoms with van der Waals surface area (Å²) < 4.78 is 68.5. The summed E-state index contributed by atoms with van der Waals surface area (Å²) in [5.74, 6) is -2.16. The van der Waals surface area contributed by atoms with Crippen LogP contribution in [0.3, 0.4) is 0 Å². The van der Waals surface area contributed by atoms with Gasteiger partial charge in [-0.05, 0) is 77.0 Å². The minimum absolute atomic E-state index is 0.0912. The molecular weight excluding hydrogens is 1260 g/mol. The number of esters is 4. The third-order valence-electron chi connectivity index (χ3n) is 16.8. The van der Waals surface area contributed by atoms with E-state index in [9.17, 15) is 43.2 Å². The highest BCUT2D eigenvalue weighted by Gasteiger charge is 2.30. The zero-order valence-electron chi connectivity index (χ0n) is 61.3. The van der Waals surface area contributed by atoms with Gasteiger partial charge in [0.25, 0.3) is 0 Å². The number of phosphoric acid groups is 2. The Balaban J connectivity index is 5.27. The fourth-order valence-corrected chi connectivity index (χ4v) is 12.4. The topological polar surface area (TPSA) is 237 Å². The van der Waals surface area contributed by atoms with E-state index in [4.69, 9.17) is 37.0 Å². The minimum atomic E-state index is -4.97. The number of rotatable bonds is 74. The number of hydrogen-bond acceptors (Lipinski definition) is 15. The van der Waals surface area contributed by atoms with Gasteiger partial charge >= 0.3 is 39.5 Å². The molecule has 3 N–H and O–H groups in total. The first-order chi connectivity index (χ1) is 46.7. The highest BCUT2D eigenvalue weighted by atomic mass is 31.2. The first-order valence-corrected chi connectivity index (χ1v) is 41.9. The second-order valence-electron chi connectivity index (χ2n) is 26.3. The van der Waals surface area contributed by atoms with Crippen molar-refractivity contribution in [3.05, 3.63) is 48.6 Å². The Morgan fingerprint density at radius 3 is 0.875 bits per heavy atom. The Hall–Kier alpha value is -2.98. The van der Waals surface area contributed by atoms with E-state index in [1.54, 1.807) is 0 Å². The Morgan fingerprint density at radius 2 is 0.552 bits per heavy atom. The molecule has 96 heavy (non-hydrogen) atoms. The summed E-state index contributed by atoms with van der Waals surface area (Å²) in [5, 5.41) is 10.6. The van der Waals surface area contributed by atoms with Gasteiger partial charge in [-0.2, -0.15) is 0 Å². The number of hydrogen-bond donors (Lipinski definition) is 3. The van der Waals surface area contributed by atoms with Gasteiger partial charge in [-0.25, -0.2) is 9.13 Å². The number of allylic oxidation sites excluding steroid dienone is 8. The molecule has 0 bridgehead atoms. The normalized spacial score (nSPS) is 14.2. The second-order valence-corrected chi connectivity index (χ2v) is 29.2. The molecule has 0 aromatic carbocycles. The van der Waals surface area contributed by atoms with Crippen molar-refractivity contribution in [1.29, 1.82) is 0 Å². The standard InChI is InChI=1S/C77H142O17P2/c1-5-9-13-17-21-25-29-32-34-35-37-40-43-46-50-54-58-62-75(80)88-68-73(94-77(82)64-60-56-52-48-44-38-31-27-23-19-15-11-7-3)70-92-96(85,86)90-66-71(78)65-89-95(83,84)91-69-72(93-76(81)63-59-55-51-47-41-28-24-20-16-12-8-4)67-87-74(79)61-57-53-49-45-42-39-36-33-30-26-22-18-14-10-6-2/h9,13,20-21,24-25,32,34,71-73,78H,5-8,10-12,14-19,22-23,26-31,33,35-70H2,1-4H3,(H,83,84)(H,85,86)/b13-9-,24-20-,25-21-,34-32-. The summed E-state index contributed by atoms with van der Waals surface area (Å²) in [4.78, 5) is 72.8. The Labute approximate surface area is 585 Å². The van der Waals surface area contributed by atoms with Crippen LogP contribution in [-0.4, -0.2) is 96.7 Å². The summed E-state index contributed by atoms with van der Waals surface area (Å²) in [6.07, 6.45) is 66.7. The maximum atomic E-state index is 13.1. The van der Waals surface area contributed by atoms with Gasteiger partial charge in [0.05, 0.1) is 26.4 Å². The van der Waals surface area contributed by atoms with Crippen LogP contribution in [0.5, 0.6) is 0 Å². The van der Waals surface area contributed by atoms with E-state index >= 15 is 0 Å². The van der Waals surface area contributed by atoms with E-state index in [0.717, 1.165) is 148 Å². The van der Waals surface area contributed by atoms with Crippen molar-refractivity contribution in [1.82, 2.24) is 0 Å². The molecule has 0 amide bonds. The molecule has 0 rings (SSSR count). The molecule has 0 radical (unpaired) electrons. The van der Waals surface area contributed by atoms with Crippen LogP contribution in [-0.2, 0) is 65.4 Å². The average molecular weight is 1400 g/mol. The molecule has 0 aromatic heterocycles. The van der Waals surface area contributed by atoms with Crippen molar-refractivity contribution >= 4 is 39.5 Å². The van der Waals surface area contributed by atoms with Crippen molar-refractivity contribution in [2.75, 3.05) is 39.6 Å². The van der Waals surface area contributed by atoms with E-state index in [1.165, 1.54) is 135 Å². The van der Waals surface area contributed by atoms with Crippen molar-refractivity contribution in [3.63, 3.8) is 0 Å². The summed E-state index contributed by atoms with van der Waals surface area (Å²) in [6.45, 7) is 4.78. The van der Waals surface area contributed by atoms with Gasteiger partial charge in [-0.1, -0.05) is 307 Å². The Morgan fingerprint density at radius 1 is 0.302 bits per heavy atom. The number of aliphatic hydroxyl groups is 1. The van der Waals surface area contributed by atoms with Crippen LogP contribution in [0, 0.1) is 0 Å². The fraction of sp³-hybridized carbons (Fsp3) is 0.844. The molecule has 0 aliphatic rings. The van der Waals surface area contributed by atoms with Crippen LogP contribution in [0.25, 0.3) is 0 Å². The molecule has 17 nitrogen and oxygen atoms in total. The maximum absolute atomic E-state index is 13.1. The van der Waals surface area contributed by atoms with Crippen LogP contribution in [0.4, 0.5) is 0 Å². The summed E-state index contributed by atoms with van der Waals surface area (Å²) >= 11 is 0. The quantitative estimate of drug-likeness (QED) is 0.0169. The smallest absolute Gasteiger partial charge is 0.462 e. The van der Waals surface area contributed by atoms with Gasteiger partial charge in [0, 0.05) is 25.7 Å². The van der Waals surface area contributed by atoms with Gasteiger partial charge in [-0.15, -0.1) is 0 Å². The first kappa shape index (κ1) is 93.0. The monoisotopic (exact) mass is 1400 g/mol. The fourth-order valence-electron chi connectivity index (χ4n) is 10.9. The highest BCUT2D eigenvalue weighted by molar-refractivity contribution is 7.47. The van der Waals surface area contributed by atoms with Gasteiger partial charge in [0.15, 0.2) is 12.2 Å². The lowest BCUT2D eigenvalue weighted by molar-refractivity contribution is -0.161. The number of phosphoric ester groups is 2. The molecule has 5 unspecified atom stereocenters. The van der Waals surface area contributed by atoms with Gasteiger partial charge < -0.3 is 33.8 Å². The van der Waals surface area contributed by atoms with Gasteiger partial charge in [0.1, 0.15) is 19.3 Å². The average Bonchev–Trinajstić information content (AvgIpc) is 1.17. The number of ether oxygens (including phenoxy) is 4. The summed E-state index contributed by atoms with van der Waals surface area (Å²) in [5.41, 5.74) is 0. The molecule has 0 heterocycles. The number of unbranched alkanes of at least 4 members (excludes halogenated alkanes) is 40. The lowest BCUT2D eigenvalue weighted by atomic mass is 10.0. The Kier molecular flexibility index (Phi) is 68.3. The molecule has 0 saturated heterocycles. The zero-order chi connectivity index (χ0) is 70.4. The van der Waals surface area contributed by atoms with Crippen LogP contribution in [0.15, 0.2) is 48.6 Å². The molecular formula is C77H142O17P2. The largest absolute Gasteiger partial charge is 0.472 e. The lowest BCUT2D eigenvalue weighted by Crippen LogP contribution is -2.30. The maximum Gasteiger partial charge on any atom is 0.472 e. The van der Waals surface area contributed by atoms with Crippen LogP contribution >= 0.6 is 15.6 Å². The van der Waals surface area contributed by atoms with Crippen molar-refractivity contribution in [3.8, 4) is 0 Å². The minimum Gasteiger partial charge on any atom is -0.462 e. The van der Waals surface area contributed by atoms with Crippen LogP contribution < -0.4 is 0 Å². The van der Waals surface area contributed by atoms with E-state index in [2.05, 4.69) is 76.3 Å². The van der Waals surface area contributed by atoms with Crippen molar-refractivity contribution in [2.45, 2.75) is 380 Å². The molecule has 0 aliphatic heterocycles. The predicted octanol–water partition coefficient (Wildman–Crippen LogP) is 22.1. The number of carbonyl (C=O) groups excluding carboxylic acids is 4. The third kappa shape index (κ3) is 69.5. The van der Waals surface area contributed by atoms with E-state index in [-0.39, 0.29) is 25.7 Å². The second kappa shape index (κ2) is 70.5. The SMILES string of the molecule is CC/C=C\C/C=C\C/C=C\CCCCCCCCCC(=O)OCC(COP(=O)(O)OCC(O)COP(=O)(O)OCC(COC(=O)CCCCCCCCCCCCCCCCC)OC(=O)CCCCCCC/C=C\CCCC)OC(=O)CCCCCCCCCCCCCCC. The van der Waals surface area contributed by atoms with Crippen molar-refractivity contribution < 1.29 is 80.2 Å². The number of aliphatic hydroxyl groups excluding tert-OH is 1. The molecule has 19 heteroatoms. The molecule has 0 aromatic rings. The zero-order valence-corrected chi connectivity index (χ0v) is 63.1. The molecule has 0 fully saturated rings. The summed E-state index contributed by atoms with van der Waals surface area (Å²) in [6, 6.07) is 0. The van der Waals surface area contributed by atoms with Crippen molar-refractivity contribution in [2.24, 2.45) is 0 Å². The summed E-state index contributed by atoms with van der Waals surface area (Å²) in [7, 11) is -9.93. The van der Waals surface area contributed by atoms with E-state index < -0.39 is 97.5 Å². The molecule has 0 saturated carbocycles. The molecule has 0 spiro atoms. The molecule has 5 atom stereocenters. The highest BCUT2D eigenvalue weighted by Crippen LogP contribution is 2.45. The molecule has 562 valence electrons. The van der Waals surface area contributed by atoms with Crippen LogP contribution in [0.1, 0.15) is 362 Å². The molecule has 0 aliphatic carbocycles. The Bertz CT molecular complexity index is 2010. The third-order valence-corrected chi connectivity index (χ3v) is 18.7. The van der Waals surface area contributed by atoms with Crippen LogP contribution in [0.2, 0.25) is 0 Å². The predicted molar refractivity (Wildman–Crippen MR) is 390 cm³/mol. The van der Waals surface area contributed by atoms with E-state index in [0.29, 0.717) is 25.7 Å². The van der Waals surface area contributed by atoms with Gasteiger partial charge in [-0.3, -0.25) is 37.3 Å². The first-order valence-electron chi connectivity index (χ1n) is 38.9. The number of carbonyl (C=O) groups is 4. The van der Waals surface area contributed by atoms with Gasteiger partial charge in [0.2, 0.25) is 0 Å². The lowest BCUT2D eigenvalue weighted by Gasteiger charge is -2.21.